The van der Waals surface area contributed by atoms with Crippen molar-refractivity contribution in [3.05, 3.63) is 71.3 Å². The number of rotatable bonds is 5. The van der Waals surface area contributed by atoms with Gasteiger partial charge in [-0.3, -0.25) is 14.4 Å². The first-order valence-corrected chi connectivity index (χ1v) is 9.24. The summed E-state index contributed by atoms with van der Waals surface area (Å²) in [6, 6.07) is 15.9. The highest BCUT2D eigenvalue weighted by atomic mass is 16.2. The molecule has 0 bridgehead atoms. The normalized spacial score (nSPS) is 16.1. The van der Waals surface area contributed by atoms with Crippen LogP contribution in [0, 0.1) is 6.92 Å². The number of nitrogens with one attached hydrogen (secondary N) is 1. The summed E-state index contributed by atoms with van der Waals surface area (Å²) in [6.45, 7) is 3.05. The van der Waals surface area contributed by atoms with Crippen molar-refractivity contribution in [2.75, 3.05) is 26.2 Å². The first-order valence-electron chi connectivity index (χ1n) is 9.24. The minimum atomic E-state index is -1.01. The Balaban J connectivity index is 1.89. The maximum atomic E-state index is 13.0. The zero-order valence-corrected chi connectivity index (χ0v) is 15.8. The summed E-state index contributed by atoms with van der Waals surface area (Å²) in [5.74, 6) is -0.975. The van der Waals surface area contributed by atoms with E-state index in [1.165, 1.54) is 9.80 Å². The molecule has 1 unspecified atom stereocenters. The molecular weight excluding hydrogens is 356 g/mol. The van der Waals surface area contributed by atoms with E-state index in [1.807, 2.05) is 25.1 Å². The molecule has 3 amide bonds. The maximum absolute atomic E-state index is 13.0. The van der Waals surface area contributed by atoms with Crippen molar-refractivity contribution in [3.8, 4) is 0 Å². The summed E-state index contributed by atoms with van der Waals surface area (Å²) in [5, 5.41) is 2.70. The number of carbonyl (C=O) groups is 3. The van der Waals surface area contributed by atoms with Gasteiger partial charge < -0.3 is 20.9 Å². The Labute approximate surface area is 164 Å². The number of carbonyl (C=O) groups excluding carboxylic acids is 3. The third-order valence-corrected chi connectivity index (χ3v) is 4.69. The van der Waals surface area contributed by atoms with E-state index in [2.05, 4.69) is 5.32 Å². The Hall–Kier alpha value is -3.19. The van der Waals surface area contributed by atoms with E-state index >= 15 is 0 Å². The highest BCUT2D eigenvalue weighted by Crippen LogP contribution is 2.21. The third kappa shape index (κ3) is 4.04. The molecule has 3 N–H and O–H groups in total. The molecule has 0 aliphatic carbocycles. The standard InChI is InChI=1S/C21H24N4O3/c1-15-7-9-17(10-8-15)21(28)25-14-13-24(19(25)18(26)23-12-11-22)20(27)16-5-3-2-4-6-16/h2-10,19H,11-14,22H2,1H3,(H,23,26). The molecule has 2 aromatic rings. The molecule has 3 rings (SSSR count). The second kappa shape index (κ2) is 8.67. The van der Waals surface area contributed by atoms with Crippen LogP contribution in [0.1, 0.15) is 26.3 Å². The van der Waals surface area contributed by atoms with Crippen molar-refractivity contribution >= 4 is 17.7 Å². The van der Waals surface area contributed by atoms with E-state index < -0.39 is 12.1 Å². The van der Waals surface area contributed by atoms with E-state index in [1.54, 1.807) is 36.4 Å². The minimum Gasteiger partial charge on any atom is -0.351 e. The lowest BCUT2D eigenvalue weighted by Gasteiger charge is -2.29. The van der Waals surface area contributed by atoms with Gasteiger partial charge in [-0.25, -0.2) is 0 Å². The van der Waals surface area contributed by atoms with Gasteiger partial charge in [-0.1, -0.05) is 35.9 Å². The zero-order chi connectivity index (χ0) is 20.1. The van der Waals surface area contributed by atoms with Crippen LogP contribution in [-0.2, 0) is 4.79 Å². The van der Waals surface area contributed by atoms with Crippen LogP contribution in [0.3, 0.4) is 0 Å². The monoisotopic (exact) mass is 380 g/mol. The Morgan fingerprint density at radius 3 is 2.00 bits per heavy atom. The van der Waals surface area contributed by atoms with Crippen molar-refractivity contribution in [3.63, 3.8) is 0 Å². The maximum Gasteiger partial charge on any atom is 0.263 e. The van der Waals surface area contributed by atoms with Crippen molar-refractivity contribution in [2.24, 2.45) is 5.73 Å². The van der Waals surface area contributed by atoms with Gasteiger partial charge in [0.25, 0.3) is 17.7 Å². The fourth-order valence-electron chi connectivity index (χ4n) is 3.23. The van der Waals surface area contributed by atoms with E-state index in [9.17, 15) is 14.4 Å². The summed E-state index contributed by atoms with van der Waals surface area (Å²) >= 11 is 0. The van der Waals surface area contributed by atoms with Crippen LogP contribution in [0.4, 0.5) is 0 Å². The molecule has 1 aliphatic rings. The molecule has 7 heteroatoms. The summed E-state index contributed by atoms with van der Waals surface area (Å²) in [4.78, 5) is 41.7. The predicted octanol–water partition coefficient (Wildman–Crippen LogP) is 0.994. The average Bonchev–Trinajstić information content (AvgIpc) is 3.17. The van der Waals surface area contributed by atoms with Gasteiger partial charge in [-0.2, -0.15) is 0 Å². The van der Waals surface area contributed by atoms with Crippen molar-refractivity contribution in [1.82, 2.24) is 15.1 Å². The SMILES string of the molecule is Cc1ccc(C(=O)N2CCN(C(=O)c3ccccc3)C2C(=O)NCCN)cc1. The van der Waals surface area contributed by atoms with Crippen LogP contribution in [0.5, 0.6) is 0 Å². The molecule has 0 radical (unpaired) electrons. The minimum absolute atomic E-state index is 0.273. The highest BCUT2D eigenvalue weighted by molar-refractivity contribution is 6.02. The largest absolute Gasteiger partial charge is 0.351 e. The highest BCUT2D eigenvalue weighted by Gasteiger charge is 2.42. The molecule has 146 valence electrons. The van der Waals surface area contributed by atoms with E-state index in [0.29, 0.717) is 11.1 Å². The number of hydrogen-bond donors (Lipinski definition) is 2. The van der Waals surface area contributed by atoms with Crippen LogP contribution >= 0.6 is 0 Å². The van der Waals surface area contributed by atoms with Crippen molar-refractivity contribution < 1.29 is 14.4 Å². The van der Waals surface area contributed by atoms with Crippen LogP contribution in [0.15, 0.2) is 54.6 Å². The van der Waals surface area contributed by atoms with Crippen molar-refractivity contribution in [1.29, 1.82) is 0 Å². The zero-order valence-electron chi connectivity index (χ0n) is 15.8. The van der Waals surface area contributed by atoms with Gasteiger partial charge in [0.1, 0.15) is 0 Å². The summed E-state index contributed by atoms with van der Waals surface area (Å²) in [5.41, 5.74) is 7.48. The molecule has 28 heavy (non-hydrogen) atoms. The van der Waals surface area contributed by atoms with Gasteiger partial charge >= 0.3 is 0 Å². The van der Waals surface area contributed by atoms with Crippen molar-refractivity contribution in [2.45, 2.75) is 13.1 Å². The average molecular weight is 380 g/mol. The van der Waals surface area contributed by atoms with Crippen LogP contribution < -0.4 is 11.1 Å². The molecule has 1 atom stereocenters. The van der Waals surface area contributed by atoms with E-state index in [-0.39, 0.29) is 38.0 Å². The van der Waals surface area contributed by atoms with E-state index in [4.69, 9.17) is 5.73 Å². The molecule has 0 spiro atoms. The number of benzene rings is 2. The molecular formula is C21H24N4O3. The number of nitrogens with two attached hydrogens (primary N) is 1. The van der Waals surface area contributed by atoms with Gasteiger partial charge in [-0.15, -0.1) is 0 Å². The van der Waals surface area contributed by atoms with Crippen LogP contribution in [-0.4, -0.2) is 59.9 Å². The van der Waals surface area contributed by atoms with Gasteiger partial charge in [0.15, 0.2) is 6.17 Å². The lowest BCUT2D eigenvalue weighted by atomic mass is 10.1. The molecule has 2 aromatic carbocycles. The number of aryl methyl sites for hydroxylation is 1. The second-order valence-electron chi connectivity index (χ2n) is 6.68. The Morgan fingerprint density at radius 2 is 1.46 bits per heavy atom. The molecule has 1 fully saturated rings. The molecule has 0 saturated carbocycles. The summed E-state index contributed by atoms with van der Waals surface area (Å²) < 4.78 is 0. The summed E-state index contributed by atoms with van der Waals surface area (Å²) in [6.07, 6.45) is -1.01. The van der Waals surface area contributed by atoms with Crippen LogP contribution in [0.2, 0.25) is 0 Å². The first-order chi connectivity index (χ1) is 13.5. The number of hydrogen-bond acceptors (Lipinski definition) is 4. The predicted molar refractivity (Wildman–Crippen MR) is 106 cm³/mol. The molecule has 0 aromatic heterocycles. The van der Waals surface area contributed by atoms with Crippen LogP contribution in [0.25, 0.3) is 0 Å². The number of nitrogens with zero attached hydrogens (tertiary/aromatic N) is 2. The van der Waals surface area contributed by atoms with Gasteiger partial charge in [0, 0.05) is 37.3 Å². The lowest BCUT2D eigenvalue weighted by molar-refractivity contribution is -0.128. The Bertz CT molecular complexity index is 852. The second-order valence-corrected chi connectivity index (χ2v) is 6.68. The van der Waals surface area contributed by atoms with Gasteiger partial charge in [0.2, 0.25) is 0 Å². The lowest BCUT2D eigenvalue weighted by Crippen LogP contribution is -2.54. The topological polar surface area (TPSA) is 95.7 Å². The molecule has 1 saturated heterocycles. The fraction of sp³-hybridized carbons (Fsp3) is 0.286. The quantitative estimate of drug-likeness (QED) is 0.809. The number of amides is 3. The Kier molecular flexibility index (Phi) is 6.06. The smallest absolute Gasteiger partial charge is 0.263 e. The van der Waals surface area contributed by atoms with E-state index in [0.717, 1.165) is 5.56 Å². The first kappa shape index (κ1) is 19.6. The molecule has 1 aliphatic heterocycles. The van der Waals surface area contributed by atoms with Gasteiger partial charge in [-0.05, 0) is 31.2 Å². The molecule has 7 nitrogen and oxygen atoms in total. The third-order valence-electron chi connectivity index (χ3n) is 4.69. The molecule has 1 heterocycles. The Morgan fingerprint density at radius 1 is 0.929 bits per heavy atom. The fourth-order valence-corrected chi connectivity index (χ4v) is 3.23. The van der Waals surface area contributed by atoms with Gasteiger partial charge in [0.05, 0.1) is 0 Å². The summed E-state index contributed by atoms with van der Waals surface area (Å²) in [7, 11) is 0.